The van der Waals surface area contributed by atoms with Crippen LogP contribution in [0.25, 0.3) is 33.3 Å². The number of aromatic nitrogens is 1. The van der Waals surface area contributed by atoms with Crippen LogP contribution in [0, 0.1) is 15.9 Å². The van der Waals surface area contributed by atoms with Gasteiger partial charge in [0, 0.05) is 33.7 Å². The lowest BCUT2D eigenvalue weighted by Crippen LogP contribution is -1.93. The molecule has 1 aromatic heterocycles. The van der Waals surface area contributed by atoms with E-state index in [2.05, 4.69) is 4.98 Å². The van der Waals surface area contributed by atoms with Crippen LogP contribution < -0.4 is 0 Å². The summed E-state index contributed by atoms with van der Waals surface area (Å²) in [4.78, 5) is 15.2. The molecule has 0 atom stereocenters. The number of benzene rings is 3. The number of nitrogens with zero attached hydrogens (tertiary/aromatic N) is 2. The summed E-state index contributed by atoms with van der Waals surface area (Å²) in [5.74, 6) is -0.366. The van der Waals surface area contributed by atoms with Crippen molar-refractivity contribution in [3.63, 3.8) is 0 Å². The maximum atomic E-state index is 14.5. The largest absolute Gasteiger partial charge is 0.270 e. The summed E-state index contributed by atoms with van der Waals surface area (Å²) in [5, 5.41) is 12.3. The minimum absolute atomic E-state index is 0.0297. The first kappa shape index (κ1) is 17.1. The molecule has 0 aliphatic carbocycles. The van der Waals surface area contributed by atoms with Crippen LogP contribution in [0.1, 0.15) is 0 Å². The van der Waals surface area contributed by atoms with Crippen LogP contribution in [0.5, 0.6) is 0 Å². The maximum Gasteiger partial charge on any atom is 0.270 e. The van der Waals surface area contributed by atoms with Gasteiger partial charge in [-0.15, -0.1) is 0 Å². The lowest BCUT2D eigenvalue weighted by Gasteiger charge is -2.11. The summed E-state index contributed by atoms with van der Waals surface area (Å²) in [5.41, 5.74) is 2.74. The SMILES string of the molecule is O=[N+]([O-])c1cccc(-c2cc(-c3ccccc3F)c3cc(Cl)ccc3n2)c1. The first-order valence-electron chi connectivity index (χ1n) is 8.13. The molecule has 0 saturated carbocycles. The molecule has 0 unspecified atom stereocenters. The normalized spacial score (nSPS) is 10.9. The molecule has 0 bridgehead atoms. The number of halogens is 2. The van der Waals surface area contributed by atoms with Gasteiger partial charge in [-0.1, -0.05) is 41.9 Å². The first-order valence-corrected chi connectivity index (χ1v) is 8.51. The Morgan fingerprint density at radius 3 is 2.52 bits per heavy atom. The van der Waals surface area contributed by atoms with Gasteiger partial charge in [0.05, 0.1) is 16.1 Å². The maximum absolute atomic E-state index is 14.5. The molecule has 0 saturated heterocycles. The predicted octanol–water partition coefficient (Wildman–Crippen LogP) is 6.27. The van der Waals surface area contributed by atoms with Crippen molar-refractivity contribution in [3.8, 4) is 22.4 Å². The van der Waals surface area contributed by atoms with Crippen LogP contribution in [0.15, 0.2) is 72.8 Å². The number of fused-ring (bicyclic) bond motifs is 1. The Bertz CT molecular complexity index is 1190. The minimum Gasteiger partial charge on any atom is -0.258 e. The summed E-state index contributed by atoms with van der Waals surface area (Å²) in [6.07, 6.45) is 0. The van der Waals surface area contributed by atoms with E-state index in [4.69, 9.17) is 11.6 Å². The number of rotatable bonds is 3. The monoisotopic (exact) mass is 378 g/mol. The molecule has 1 heterocycles. The predicted molar refractivity (Wildman–Crippen MR) is 104 cm³/mol. The molecule has 132 valence electrons. The molecule has 0 aliphatic rings. The van der Waals surface area contributed by atoms with Gasteiger partial charge < -0.3 is 0 Å². The third-order valence-corrected chi connectivity index (χ3v) is 4.52. The standard InChI is InChI=1S/C21H12ClFN2O2/c22-14-8-9-20-18(11-14)17(16-6-1-2-7-19(16)23)12-21(24-20)13-4-3-5-15(10-13)25(26)27/h1-12H. The van der Waals surface area contributed by atoms with Gasteiger partial charge in [0.1, 0.15) is 5.82 Å². The Balaban J connectivity index is 2.02. The van der Waals surface area contributed by atoms with Crippen molar-refractivity contribution < 1.29 is 9.31 Å². The zero-order valence-electron chi connectivity index (χ0n) is 13.9. The van der Waals surface area contributed by atoms with Gasteiger partial charge in [-0.05, 0) is 35.9 Å². The lowest BCUT2D eigenvalue weighted by atomic mass is 9.98. The molecule has 0 aliphatic heterocycles. The molecule has 3 aromatic carbocycles. The molecule has 0 radical (unpaired) electrons. The van der Waals surface area contributed by atoms with Crippen molar-refractivity contribution >= 4 is 28.2 Å². The van der Waals surface area contributed by atoms with Crippen LogP contribution in [0.4, 0.5) is 10.1 Å². The van der Waals surface area contributed by atoms with Crippen LogP contribution in [-0.4, -0.2) is 9.91 Å². The summed E-state index contributed by atoms with van der Waals surface area (Å²) in [7, 11) is 0. The van der Waals surface area contributed by atoms with E-state index in [0.717, 1.165) is 0 Å². The quantitative estimate of drug-likeness (QED) is 0.312. The third-order valence-electron chi connectivity index (χ3n) is 4.29. The van der Waals surface area contributed by atoms with Crippen LogP contribution in [-0.2, 0) is 0 Å². The summed E-state index contributed by atoms with van der Waals surface area (Å²) < 4.78 is 14.5. The zero-order valence-corrected chi connectivity index (χ0v) is 14.7. The highest BCUT2D eigenvalue weighted by Crippen LogP contribution is 2.35. The molecule has 0 fully saturated rings. The Morgan fingerprint density at radius 2 is 1.74 bits per heavy atom. The van der Waals surface area contributed by atoms with Gasteiger partial charge in [-0.25, -0.2) is 9.37 Å². The van der Waals surface area contributed by atoms with E-state index in [1.54, 1.807) is 54.6 Å². The van der Waals surface area contributed by atoms with Gasteiger partial charge in [-0.3, -0.25) is 10.1 Å². The number of nitro benzene ring substituents is 1. The van der Waals surface area contributed by atoms with Crippen molar-refractivity contribution in [1.82, 2.24) is 4.98 Å². The van der Waals surface area contributed by atoms with E-state index in [1.807, 2.05) is 0 Å². The molecule has 6 heteroatoms. The average Bonchev–Trinajstić information content (AvgIpc) is 2.68. The Hall–Kier alpha value is -3.31. The van der Waals surface area contributed by atoms with Crippen LogP contribution >= 0.6 is 11.6 Å². The van der Waals surface area contributed by atoms with Crippen molar-refractivity contribution in [2.75, 3.05) is 0 Å². The zero-order chi connectivity index (χ0) is 19.0. The highest BCUT2D eigenvalue weighted by molar-refractivity contribution is 6.31. The van der Waals surface area contributed by atoms with Crippen molar-refractivity contribution in [1.29, 1.82) is 0 Å². The molecule has 0 amide bonds. The van der Waals surface area contributed by atoms with E-state index in [1.165, 1.54) is 18.2 Å². The molecule has 4 rings (SSSR count). The summed E-state index contributed by atoms with van der Waals surface area (Å²) >= 11 is 6.13. The summed E-state index contributed by atoms with van der Waals surface area (Å²) in [6.45, 7) is 0. The molecule has 0 N–H and O–H groups in total. The Kier molecular flexibility index (Phi) is 4.30. The molecular formula is C21H12ClFN2O2. The van der Waals surface area contributed by atoms with E-state index >= 15 is 0 Å². The fourth-order valence-electron chi connectivity index (χ4n) is 3.03. The minimum atomic E-state index is -0.456. The van der Waals surface area contributed by atoms with Crippen molar-refractivity contribution in [3.05, 3.63) is 93.8 Å². The van der Waals surface area contributed by atoms with Gasteiger partial charge in [0.25, 0.3) is 5.69 Å². The Labute approximate surface area is 159 Å². The fraction of sp³-hybridized carbons (Fsp3) is 0. The average molecular weight is 379 g/mol. The number of hydrogen-bond donors (Lipinski definition) is 0. The van der Waals surface area contributed by atoms with E-state index < -0.39 is 4.92 Å². The van der Waals surface area contributed by atoms with E-state index in [-0.39, 0.29) is 11.5 Å². The topological polar surface area (TPSA) is 56.0 Å². The number of nitro groups is 1. The van der Waals surface area contributed by atoms with Gasteiger partial charge >= 0.3 is 0 Å². The summed E-state index contributed by atoms with van der Waals surface area (Å²) in [6, 6.07) is 19.6. The number of non-ortho nitro benzene ring substituents is 1. The number of pyridine rings is 1. The third kappa shape index (κ3) is 3.25. The Morgan fingerprint density at radius 1 is 0.926 bits per heavy atom. The second-order valence-electron chi connectivity index (χ2n) is 6.00. The molecular weight excluding hydrogens is 367 g/mol. The second kappa shape index (κ2) is 6.78. The van der Waals surface area contributed by atoms with E-state index in [9.17, 15) is 14.5 Å². The number of hydrogen-bond acceptors (Lipinski definition) is 3. The van der Waals surface area contributed by atoms with Crippen molar-refractivity contribution in [2.45, 2.75) is 0 Å². The van der Waals surface area contributed by atoms with Crippen molar-refractivity contribution in [2.24, 2.45) is 0 Å². The molecule has 4 aromatic rings. The molecule has 4 nitrogen and oxygen atoms in total. The lowest BCUT2D eigenvalue weighted by molar-refractivity contribution is -0.384. The van der Waals surface area contributed by atoms with Crippen LogP contribution in [0.3, 0.4) is 0 Å². The first-order chi connectivity index (χ1) is 13.0. The van der Waals surface area contributed by atoms with E-state index in [0.29, 0.717) is 38.3 Å². The van der Waals surface area contributed by atoms with Crippen LogP contribution in [0.2, 0.25) is 5.02 Å². The van der Waals surface area contributed by atoms with Gasteiger partial charge in [0.15, 0.2) is 0 Å². The van der Waals surface area contributed by atoms with Gasteiger partial charge in [0.2, 0.25) is 0 Å². The second-order valence-corrected chi connectivity index (χ2v) is 6.44. The molecule has 0 spiro atoms. The fourth-order valence-corrected chi connectivity index (χ4v) is 3.20. The highest BCUT2D eigenvalue weighted by atomic mass is 35.5. The smallest absolute Gasteiger partial charge is 0.258 e. The highest BCUT2D eigenvalue weighted by Gasteiger charge is 2.14. The molecule has 27 heavy (non-hydrogen) atoms. The van der Waals surface area contributed by atoms with Gasteiger partial charge in [-0.2, -0.15) is 0 Å².